The van der Waals surface area contributed by atoms with Gasteiger partial charge in [0.2, 0.25) is 0 Å². The van der Waals surface area contributed by atoms with Crippen LogP contribution in [-0.2, 0) is 0 Å². The number of fused-ring (bicyclic) bond motifs is 1. The van der Waals surface area contributed by atoms with Crippen LogP contribution in [0.2, 0.25) is 0 Å². The summed E-state index contributed by atoms with van der Waals surface area (Å²) in [6, 6.07) is 26.7. The van der Waals surface area contributed by atoms with E-state index < -0.39 is 5.25 Å². The monoisotopic (exact) mass is 345 g/mol. The molecule has 4 aromatic rings. The lowest BCUT2D eigenvalue weighted by atomic mass is 10.0. The molecular weight excluding hydrogens is 330 g/mol. The van der Waals surface area contributed by atoms with Crippen LogP contribution in [0, 0.1) is 0 Å². The van der Waals surface area contributed by atoms with Crippen LogP contribution in [0.4, 0.5) is 0 Å². The van der Waals surface area contributed by atoms with E-state index in [2.05, 4.69) is 4.98 Å². The number of para-hydroxylation sites is 2. The maximum Gasteiger partial charge on any atom is 0.257 e. The first-order valence-electron chi connectivity index (χ1n) is 7.98. The molecule has 0 aliphatic rings. The summed E-state index contributed by atoms with van der Waals surface area (Å²) in [6.45, 7) is 0. The highest BCUT2D eigenvalue weighted by atomic mass is 32.2. The predicted octanol–water partition coefficient (Wildman–Crippen LogP) is 5.54. The Balaban J connectivity index is 1.71. The molecule has 4 heteroatoms. The molecule has 0 spiro atoms. The lowest BCUT2D eigenvalue weighted by Crippen LogP contribution is -2.09. The Labute approximate surface area is 149 Å². The molecule has 0 aliphatic carbocycles. The molecule has 3 aromatic carbocycles. The average Bonchev–Trinajstić information content (AvgIpc) is 3.09. The van der Waals surface area contributed by atoms with E-state index in [-0.39, 0.29) is 5.78 Å². The minimum Gasteiger partial charge on any atom is -0.431 e. The van der Waals surface area contributed by atoms with E-state index in [9.17, 15) is 4.79 Å². The highest BCUT2D eigenvalue weighted by Crippen LogP contribution is 2.38. The number of Topliss-reactive ketones (excluding diaryl/α,β-unsaturated/α-hetero) is 1. The summed E-state index contributed by atoms with van der Waals surface area (Å²) in [7, 11) is 0. The fourth-order valence-corrected chi connectivity index (χ4v) is 3.68. The first-order valence-corrected chi connectivity index (χ1v) is 8.86. The van der Waals surface area contributed by atoms with E-state index in [4.69, 9.17) is 4.42 Å². The lowest BCUT2D eigenvalue weighted by molar-refractivity contribution is 0.0989. The quantitative estimate of drug-likeness (QED) is 0.352. The maximum absolute atomic E-state index is 13.1. The van der Waals surface area contributed by atoms with Crippen LogP contribution >= 0.6 is 11.8 Å². The van der Waals surface area contributed by atoms with Gasteiger partial charge in [-0.3, -0.25) is 4.79 Å². The van der Waals surface area contributed by atoms with E-state index >= 15 is 0 Å². The van der Waals surface area contributed by atoms with Crippen LogP contribution in [0.3, 0.4) is 0 Å². The number of ketones is 1. The smallest absolute Gasteiger partial charge is 0.257 e. The molecule has 0 saturated carbocycles. The van der Waals surface area contributed by atoms with Crippen molar-refractivity contribution in [1.82, 2.24) is 4.98 Å². The Kier molecular flexibility index (Phi) is 4.36. The average molecular weight is 345 g/mol. The van der Waals surface area contributed by atoms with Crippen molar-refractivity contribution in [3.63, 3.8) is 0 Å². The van der Waals surface area contributed by atoms with Crippen LogP contribution in [0.15, 0.2) is 94.6 Å². The third-order valence-corrected chi connectivity index (χ3v) is 4.99. The third-order valence-electron chi connectivity index (χ3n) is 3.89. The Morgan fingerprint density at radius 2 is 1.48 bits per heavy atom. The fourth-order valence-electron chi connectivity index (χ4n) is 2.66. The SMILES string of the molecule is O=C(c1ccccc1)[C@@H](Sc1nc2ccccc2o1)c1ccccc1. The number of thioether (sulfide) groups is 1. The zero-order chi connectivity index (χ0) is 17.1. The number of oxazole rings is 1. The van der Waals surface area contributed by atoms with Crippen molar-refractivity contribution in [2.45, 2.75) is 10.5 Å². The largest absolute Gasteiger partial charge is 0.431 e. The summed E-state index contributed by atoms with van der Waals surface area (Å²) in [5, 5.41) is 0.0935. The topological polar surface area (TPSA) is 43.1 Å². The van der Waals surface area contributed by atoms with E-state index in [1.54, 1.807) is 0 Å². The summed E-state index contributed by atoms with van der Waals surface area (Å²) >= 11 is 1.34. The molecule has 0 saturated heterocycles. The molecule has 25 heavy (non-hydrogen) atoms. The summed E-state index contributed by atoms with van der Waals surface area (Å²) in [5.74, 6) is 0.0408. The van der Waals surface area contributed by atoms with Crippen LogP contribution in [0.5, 0.6) is 0 Å². The highest BCUT2D eigenvalue weighted by Gasteiger charge is 2.25. The predicted molar refractivity (Wildman–Crippen MR) is 99.8 cm³/mol. The van der Waals surface area contributed by atoms with Gasteiger partial charge < -0.3 is 4.42 Å². The first kappa shape index (κ1) is 15.7. The van der Waals surface area contributed by atoms with Crippen molar-refractivity contribution < 1.29 is 9.21 Å². The van der Waals surface area contributed by atoms with Gasteiger partial charge in [-0.2, -0.15) is 0 Å². The van der Waals surface area contributed by atoms with Gasteiger partial charge in [-0.15, -0.1) is 0 Å². The molecule has 0 fully saturated rings. The van der Waals surface area contributed by atoms with Gasteiger partial charge in [-0.05, 0) is 17.7 Å². The van der Waals surface area contributed by atoms with E-state index in [1.165, 1.54) is 11.8 Å². The van der Waals surface area contributed by atoms with Crippen molar-refractivity contribution in [1.29, 1.82) is 0 Å². The normalized spacial score (nSPS) is 12.2. The number of hydrogen-bond donors (Lipinski definition) is 0. The molecule has 1 atom stereocenters. The van der Waals surface area contributed by atoms with Gasteiger partial charge in [0.25, 0.3) is 5.22 Å². The Hall–Kier alpha value is -2.85. The Morgan fingerprint density at radius 1 is 0.840 bits per heavy atom. The minimum atomic E-state index is -0.406. The highest BCUT2D eigenvalue weighted by molar-refractivity contribution is 8.00. The standard InChI is InChI=1S/C21H15NO2S/c23-19(15-9-3-1-4-10-15)20(16-11-5-2-6-12-16)25-21-22-17-13-7-8-14-18(17)24-21/h1-14,20H/t20-/m0/s1. The molecule has 4 rings (SSSR count). The number of hydrogen-bond acceptors (Lipinski definition) is 4. The van der Waals surface area contributed by atoms with Gasteiger partial charge in [0.1, 0.15) is 10.8 Å². The minimum absolute atomic E-state index is 0.0408. The van der Waals surface area contributed by atoms with Crippen molar-refractivity contribution in [3.05, 3.63) is 96.1 Å². The molecule has 122 valence electrons. The lowest BCUT2D eigenvalue weighted by Gasteiger charge is -2.14. The summed E-state index contributed by atoms with van der Waals surface area (Å²) in [6.07, 6.45) is 0. The molecule has 0 aliphatic heterocycles. The van der Waals surface area contributed by atoms with Crippen LogP contribution in [0.1, 0.15) is 21.2 Å². The van der Waals surface area contributed by atoms with Crippen LogP contribution in [0.25, 0.3) is 11.1 Å². The summed E-state index contributed by atoms with van der Waals surface area (Å²) in [4.78, 5) is 17.6. The second-order valence-electron chi connectivity index (χ2n) is 5.59. The molecular formula is C21H15NO2S. The number of nitrogens with zero attached hydrogens (tertiary/aromatic N) is 1. The molecule has 0 radical (unpaired) electrons. The van der Waals surface area contributed by atoms with Gasteiger partial charge in [-0.25, -0.2) is 4.98 Å². The Morgan fingerprint density at radius 3 is 2.20 bits per heavy atom. The van der Waals surface area contributed by atoms with Crippen molar-refractivity contribution in [2.75, 3.05) is 0 Å². The molecule has 0 unspecified atom stereocenters. The Bertz CT molecular complexity index is 963. The number of rotatable bonds is 5. The zero-order valence-electron chi connectivity index (χ0n) is 13.3. The molecule has 3 nitrogen and oxygen atoms in total. The maximum atomic E-state index is 13.1. The molecule has 0 N–H and O–H groups in total. The van der Waals surface area contributed by atoms with Crippen LogP contribution < -0.4 is 0 Å². The molecule has 1 heterocycles. The second-order valence-corrected chi connectivity index (χ2v) is 6.64. The number of carbonyl (C=O) groups is 1. The number of carbonyl (C=O) groups excluding carboxylic acids is 1. The van der Waals surface area contributed by atoms with Gasteiger partial charge in [0, 0.05) is 5.56 Å². The van der Waals surface area contributed by atoms with Gasteiger partial charge >= 0.3 is 0 Å². The number of benzene rings is 3. The summed E-state index contributed by atoms with van der Waals surface area (Å²) in [5.41, 5.74) is 3.14. The van der Waals surface area contributed by atoms with Crippen LogP contribution in [-0.4, -0.2) is 10.8 Å². The number of aromatic nitrogens is 1. The van der Waals surface area contributed by atoms with Crippen molar-refractivity contribution in [2.24, 2.45) is 0 Å². The molecule has 0 bridgehead atoms. The second kappa shape index (κ2) is 6.95. The van der Waals surface area contributed by atoms with Crippen molar-refractivity contribution >= 4 is 28.6 Å². The van der Waals surface area contributed by atoms with Gasteiger partial charge in [-0.1, -0.05) is 84.6 Å². The molecule has 1 aromatic heterocycles. The summed E-state index contributed by atoms with van der Waals surface area (Å²) < 4.78 is 5.81. The van der Waals surface area contributed by atoms with Gasteiger partial charge in [0.15, 0.2) is 11.4 Å². The molecule has 0 amide bonds. The van der Waals surface area contributed by atoms with E-state index in [0.29, 0.717) is 10.8 Å². The third kappa shape index (κ3) is 3.35. The fraction of sp³-hybridized carbons (Fsp3) is 0.0476. The zero-order valence-corrected chi connectivity index (χ0v) is 14.1. The van der Waals surface area contributed by atoms with Gasteiger partial charge in [0.05, 0.1) is 0 Å². The first-order chi connectivity index (χ1) is 12.3. The van der Waals surface area contributed by atoms with E-state index in [0.717, 1.165) is 16.7 Å². The van der Waals surface area contributed by atoms with Crippen molar-refractivity contribution in [3.8, 4) is 0 Å². The van der Waals surface area contributed by atoms with E-state index in [1.807, 2.05) is 84.9 Å².